The van der Waals surface area contributed by atoms with Crippen LogP contribution in [-0.4, -0.2) is 15.3 Å². The second-order valence-corrected chi connectivity index (χ2v) is 11.0. The van der Waals surface area contributed by atoms with E-state index in [1.807, 2.05) is 6.07 Å². The third kappa shape index (κ3) is 4.25. The summed E-state index contributed by atoms with van der Waals surface area (Å²) in [6, 6.07) is 4.72. The lowest BCUT2D eigenvalue weighted by Crippen LogP contribution is -2.34. The zero-order valence-corrected chi connectivity index (χ0v) is 19.3. The summed E-state index contributed by atoms with van der Waals surface area (Å²) >= 11 is 0. The Kier molecular flexibility index (Phi) is 5.55. The Morgan fingerprint density at radius 1 is 1.34 bits per heavy atom. The van der Waals surface area contributed by atoms with Crippen LogP contribution in [0.5, 0.6) is 0 Å². The van der Waals surface area contributed by atoms with Gasteiger partial charge in [-0.25, -0.2) is 18.5 Å². The van der Waals surface area contributed by atoms with Crippen LogP contribution in [0.3, 0.4) is 0 Å². The fourth-order valence-corrected chi connectivity index (χ4v) is 5.26. The van der Waals surface area contributed by atoms with E-state index in [1.54, 1.807) is 13.8 Å². The number of amides is 2. The Morgan fingerprint density at radius 2 is 2.03 bits per heavy atom. The number of urea groups is 1. The lowest BCUT2D eigenvalue weighted by molar-refractivity contribution is 0.0779. The van der Waals surface area contributed by atoms with Crippen molar-refractivity contribution in [2.75, 3.05) is 5.32 Å². The standard InChI is InChI=1S/C23H28N4O4S/c1-13(14-7-8-14)19-9-15(11-24)17-5-4-6-18(17)21(19)26-22(28)27-32(25,30)20-10-16(12-31-20)23(2,3)29/h9-10,12-14,29H,4-8H2,1-3H3,(H3,25,26,27,28,30)/t13-,32+/m0/s1. The third-order valence-corrected chi connectivity index (χ3v) is 7.67. The summed E-state index contributed by atoms with van der Waals surface area (Å²) in [6.45, 7) is 5.19. The predicted octanol–water partition coefficient (Wildman–Crippen LogP) is 4.52. The topological polar surface area (TPSA) is 139 Å². The molecule has 9 heteroatoms. The van der Waals surface area contributed by atoms with Gasteiger partial charge in [-0.15, -0.1) is 0 Å². The number of carbonyl (C=O) groups excluding carboxylic acids is 1. The van der Waals surface area contributed by atoms with Gasteiger partial charge in [-0.2, -0.15) is 5.26 Å². The number of furan rings is 1. The number of hydrogen-bond acceptors (Lipinski definition) is 6. The molecule has 0 unspecified atom stereocenters. The molecule has 1 heterocycles. The summed E-state index contributed by atoms with van der Waals surface area (Å²) < 4.78 is 28.5. The molecule has 4 rings (SSSR count). The normalized spacial score (nSPS) is 18.3. The number of carbonyl (C=O) groups is 1. The summed E-state index contributed by atoms with van der Waals surface area (Å²) in [4.78, 5) is 12.8. The van der Waals surface area contributed by atoms with Crippen LogP contribution in [0.1, 0.15) is 73.8 Å². The van der Waals surface area contributed by atoms with E-state index in [0.29, 0.717) is 22.7 Å². The number of anilines is 1. The first-order chi connectivity index (χ1) is 15.0. The fraction of sp³-hybridized carbons (Fsp3) is 0.478. The summed E-state index contributed by atoms with van der Waals surface area (Å²) in [5.74, 6) is 0.705. The molecule has 1 saturated carbocycles. The lowest BCUT2D eigenvalue weighted by Gasteiger charge is -2.21. The monoisotopic (exact) mass is 456 g/mol. The zero-order chi connectivity index (χ0) is 23.3. The molecule has 2 aliphatic carbocycles. The van der Waals surface area contributed by atoms with Gasteiger partial charge in [0.1, 0.15) is 0 Å². The molecule has 2 aliphatic rings. The summed E-state index contributed by atoms with van der Waals surface area (Å²) in [5, 5.41) is 22.3. The maximum atomic E-state index is 12.9. The van der Waals surface area contributed by atoms with Crippen LogP contribution < -0.4 is 10.0 Å². The highest BCUT2D eigenvalue weighted by atomic mass is 32.2. The van der Waals surface area contributed by atoms with E-state index in [9.17, 15) is 19.4 Å². The number of nitrogens with zero attached hydrogens (tertiary/aromatic N) is 1. The molecular formula is C23H28N4O4S. The van der Waals surface area contributed by atoms with Gasteiger partial charge in [-0.3, -0.25) is 0 Å². The Morgan fingerprint density at radius 3 is 2.62 bits per heavy atom. The van der Waals surface area contributed by atoms with Gasteiger partial charge in [0, 0.05) is 17.3 Å². The number of rotatable bonds is 6. The fourth-order valence-electron chi connectivity index (χ4n) is 4.37. The van der Waals surface area contributed by atoms with E-state index in [0.717, 1.165) is 48.8 Å². The molecule has 1 aromatic heterocycles. The van der Waals surface area contributed by atoms with Crippen molar-refractivity contribution in [3.63, 3.8) is 0 Å². The van der Waals surface area contributed by atoms with Crippen molar-refractivity contribution in [1.29, 1.82) is 10.0 Å². The van der Waals surface area contributed by atoms with Gasteiger partial charge in [0.2, 0.25) is 5.09 Å². The van der Waals surface area contributed by atoms with Crippen LogP contribution in [0, 0.1) is 22.0 Å². The first kappa shape index (κ1) is 22.4. The second kappa shape index (κ2) is 7.94. The molecule has 0 bridgehead atoms. The van der Waals surface area contributed by atoms with Crippen LogP contribution >= 0.6 is 0 Å². The van der Waals surface area contributed by atoms with Crippen LogP contribution in [0.2, 0.25) is 0 Å². The van der Waals surface area contributed by atoms with Crippen LogP contribution in [0.25, 0.3) is 0 Å². The third-order valence-electron chi connectivity index (χ3n) is 6.41. The molecule has 2 aromatic rings. The van der Waals surface area contributed by atoms with Gasteiger partial charge < -0.3 is 14.8 Å². The maximum absolute atomic E-state index is 12.9. The molecule has 4 N–H and O–H groups in total. The molecule has 1 aromatic carbocycles. The summed E-state index contributed by atoms with van der Waals surface area (Å²) in [6.07, 6.45) is 5.92. The number of nitrogens with one attached hydrogen (secondary N) is 3. The Bertz CT molecular complexity index is 1210. The molecule has 0 saturated heterocycles. The smallest absolute Gasteiger partial charge is 0.332 e. The minimum absolute atomic E-state index is 0.183. The SMILES string of the molecule is C[C@H](c1cc(C#N)c2c(c1NC(=O)N[S@@](=N)(=O)c1cc(C(C)(C)O)co1)CCC2)C1CC1. The number of hydrogen-bond donors (Lipinski definition) is 4. The molecule has 0 radical (unpaired) electrons. The van der Waals surface area contributed by atoms with E-state index < -0.39 is 21.5 Å². The Hall–Kier alpha value is -2.83. The molecular weight excluding hydrogens is 428 g/mol. The van der Waals surface area contributed by atoms with Crippen LogP contribution in [-0.2, 0) is 28.4 Å². The maximum Gasteiger partial charge on any atom is 0.332 e. The first-order valence-corrected chi connectivity index (χ1v) is 12.3. The number of benzene rings is 1. The van der Waals surface area contributed by atoms with Gasteiger partial charge in [0.15, 0.2) is 9.92 Å². The first-order valence-electron chi connectivity index (χ1n) is 10.8. The number of nitriles is 1. The quantitative estimate of drug-likeness (QED) is 0.506. The van der Waals surface area contributed by atoms with Crippen molar-refractivity contribution >= 4 is 21.6 Å². The Balaban J connectivity index is 1.62. The number of aliphatic hydroxyl groups is 1. The molecule has 8 nitrogen and oxygen atoms in total. The van der Waals surface area contributed by atoms with E-state index in [4.69, 9.17) is 9.20 Å². The van der Waals surface area contributed by atoms with Crippen molar-refractivity contribution < 1.29 is 18.5 Å². The molecule has 170 valence electrons. The predicted molar refractivity (Wildman–Crippen MR) is 120 cm³/mol. The molecule has 1 fully saturated rings. The number of fused-ring (bicyclic) bond motifs is 1. The van der Waals surface area contributed by atoms with Crippen molar-refractivity contribution in [2.24, 2.45) is 5.92 Å². The van der Waals surface area contributed by atoms with Crippen LogP contribution in [0.15, 0.2) is 27.9 Å². The van der Waals surface area contributed by atoms with E-state index >= 15 is 0 Å². The highest BCUT2D eigenvalue weighted by Gasteiger charge is 2.33. The molecule has 2 atom stereocenters. The van der Waals surface area contributed by atoms with Crippen molar-refractivity contribution in [2.45, 2.75) is 69.5 Å². The Labute approximate surface area is 188 Å². The van der Waals surface area contributed by atoms with Gasteiger partial charge in [0.25, 0.3) is 0 Å². The minimum Gasteiger partial charge on any atom is -0.452 e. The van der Waals surface area contributed by atoms with Crippen molar-refractivity contribution in [3.05, 3.63) is 46.2 Å². The summed E-state index contributed by atoms with van der Waals surface area (Å²) in [5.41, 5.74) is 3.29. The molecule has 2 amide bonds. The van der Waals surface area contributed by atoms with Gasteiger partial charge in [0.05, 0.1) is 23.5 Å². The summed E-state index contributed by atoms with van der Waals surface area (Å²) in [7, 11) is -3.78. The zero-order valence-electron chi connectivity index (χ0n) is 18.4. The van der Waals surface area contributed by atoms with Crippen LogP contribution in [0.4, 0.5) is 10.5 Å². The second-order valence-electron chi connectivity index (χ2n) is 9.26. The average molecular weight is 457 g/mol. The van der Waals surface area contributed by atoms with Crippen molar-refractivity contribution in [1.82, 2.24) is 4.72 Å². The van der Waals surface area contributed by atoms with Gasteiger partial charge >= 0.3 is 6.03 Å². The minimum atomic E-state index is -3.78. The van der Waals surface area contributed by atoms with Gasteiger partial charge in [-0.1, -0.05) is 6.92 Å². The molecule has 0 spiro atoms. The van der Waals surface area contributed by atoms with E-state index in [2.05, 4.69) is 23.0 Å². The molecule has 0 aliphatic heterocycles. The van der Waals surface area contributed by atoms with Crippen molar-refractivity contribution in [3.8, 4) is 6.07 Å². The largest absolute Gasteiger partial charge is 0.452 e. The lowest BCUT2D eigenvalue weighted by atomic mass is 9.88. The van der Waals surface area contributed by atoms with E-state index in [1.165, 1.54) is 12.3 Å². The van der Waals surface area contributed by atoms with E-state index in [-0.39, 0.29) is 11.0 Å². The average Bonchev–Trinajstić information content (AvgIpc) is 3.21. The highest BCUT2D eigenvalue weighted by molar-refractivity contribution is 7.91. The van der Waals surface area contributed by atoms with Gasteiger partial charge in [-0.05, 0) is 80.5 Å². The highest BCUT2D eigenvalue weighted by Crippen LogP contribution is 2.47. The molecule has 32 heavy (non-hydrogen) atoms.